The molecule has 6 heteroatoms. The van der Waals surface area contributed by atoms with Gasteiger partial charge in [0, 0.05) is 0 Å². The lowest BCUT2D eigenvalue weighted by molar-refractivity contribution is 0.396. The van der Waals surface area contributed by atoms with E-state index < -0.39 is 0 Å². The average Bonchev–Trinajstić information content (AvgIpc) is 2.54. The highest BCUT2D eigenvalue weighted by Gasteiger charge is 2.09. The molecule has 0 aromatic carbocycles. The van der Waals surface area contributed by atoms with Crippen LogP contribution in [0, 0.1) is 6.92 Å². The van der Waals surface area contributed by atoms with E-state index in [0.717, 1.165) is 5.69 Å². The Bertz CT molecular complexity index is 409. The Morgan fingerprint density at radius 3 is 2.67 bits per heavy atom. The van der Waals surface area contributed by atoms with Gasteiger partial charge in [0.2, 0.25) is 0 Å². The van der Waals surface area contributed by atoms with Gasteiger partial charge in [-0.1, -0.05) is 0 Å². The maximum atomic E-state index is 4.94. The van der Waals surface area contributed by atoms with Crippen LogP contribution >= 0.6 is 0 Å². The Morgan fingerprint density at radius 1 is 1.17 bits per heavy atom. The molecule has 0 fully saturated rings. The largest absolute Gasteiger partial charge is 0.478 e. The Labute approximate surface area is 67.9 Å². The Kier molecular flexibility index (Phi) is 1.39. The van der Waals surface area contributed by atoms with Crippen LogP contribution in [0.5, 0.6) is 5.88 Å². The van der Waals surface area contributed by atoms with Crippen molar-refractivity contribution in [2.75, 3.05) is 7.11 Å². The fourth-order valence-corrected chi connectivity index (χ4v) is 0.985. The van der Waals surface area contributed by atoms with Crippen molar-refractivity contribution in [2.24, 2.45) is 0 Å². The van der Waals surface area contributed by atoms with Crippen LogP contribution in [-0.2, 0) is 0 Å². The lowest BCUT2D eigenvalue weighted by Crippen LogP contribution is -1.94. The second kappa shape index (κ2) is 2.40. The molecule has 0 amide bonds. The van der Waals surface area contributed by atoms with Gasteiger partial charge in [-0.2, -0.15) is 15.4 Å². The molecule has 6 nitrogen and oxygen atoms in total. The zero-order chi connectivity index (χ0) is 8.55. The smallest absolute Gasteiger partial charge is 0.263 e. The van der Waals surface area contributed by atoms with Gasteiger partial charge in [0.1, 0.15) is 5.52 Å². The van der Waals surface area contributed by atoms with Gasteiger partial charge >= 0.3 is 0 Å². The van der Waals surface area contributed by atoms with E-state index >= 15 is 0 Å². The van der Waals surface area contributed by atoms with E-state index in [9.17, 15) is 0 Å². The summed E-state index contributed by atoms with van der Waals surface area (Å²) in [4.78, 5) is 0. The van der Waals surface area contributed by atoms with Crippen molar-refractivity contribution in [1.29, 1.82) is 0 Å². The number of ether oxygens (including phenoxy) is 1. The zero-order valence-electron chi connectivity index (χ0n) is 6.70. The van der Waals surface area contributed by atoms with E-state index in [0.29, 0.717) is 16.9 Å². The summed E-state index contributed by atoms with van der Waals surface area (Å²) in [5.74, 6) is 0.393. The number of aromatic amines is 1. The van der Waals surface area contributed by atoms with Crippen LogP contribution in [-0.4, -0.2) is 32.7 Å². The number of fused-ring (bicyclic) bond motifs is 1. The van der Waals surface area contributed by atoms with Crippen LogP contribution in [0.4, 0.5) is 0 Å². The first kappa shape index (κ1) is 6.96. The summed E-state index contributed by atoms with van der Waals surface area (Å²) in [5.41, 5.74) is 2.05. The number of nitrogens with one attached hydrogen (secondary N) is 1. The summed E-state index contributed by atoms with van der Waals surface area (Å²) in [6, 6.07) is 0. The minimum absolute atomic E-state index is 0.393. The quantitative estimate of drug-likeness (QED) is 0.646. The van der Waals surface area contributed by atoms with Gasteiger partial charge in [-0.25, -0.2) is 0 Å². The summed E-state index contributed by atoms with van der Waals surface area (Å²) in [6.45, 7) is 1.82. The third-order valence-corrected chi connectivity index (χ3v) is 1.58. The van der Waals surface area contributed by atoms with Crippen LogP contribution in [0.3, 0.4) is 0 Å². The van der Waals surface area contributed by atoms with Crippen molar-refractivity contribution in [3.8, 4) is 5.88 Å². The highest BCUT2D eigenvalue weighted by molar-refractivity contribution is 5.79. The van der Waals surface area contributed by atoms with E-state index in [2.05, 4.69) is 25.6 Å². The topological polar surface area (TPSA) is 76.6 Å². The molecule has 0 bridgehead atoms. The molecule has 0 aliphatic heterocycles. The van der Waals surface area contributed by atoms with Gasteiger partial charge in [-0.3, -0.25) is 0 Å². The second-order valence-electron chi connectivity index (χ2n) is 2.32. The molecule has 0 spiro atoms. The summed E-state index contributed by atoms with van der Waals surface area (Å²) in [7, 11) is 1.52. The molecular formula is C6H7N5O. The number of rotatable bonds is 1. The van der Waals surface area contributed by atoms with Crippen LogP contribution in [0.2, 0.25) is 0 Å². The van der Waals surface area contributed by atoms with Gasteiger partial charge in [-0.15, -0.1) is 10.2 Å². The maximum Gasteiger partial charge on any atom is 0.263 e. The van der Waals surface area contributed by atoms with Crippen molar-refractivity contribution < 1.29 is 4.74 Å². The van der Waals surface area contributed by atoms with Crippen molar-refractivity contribution in [3.63, 3.8) is 0 Å². The molecular weight excluding hydrogens is 158 g/mol. The summed E-state index contributed by atoms with van der Waals surface area (Å²) in [5, 5.41) is 17.9. The van der Waals surface area contributed by atoms with Gasteiger partial charge in [0.25, 0.3) is 5.88 Å². The number of H-pyrrole nitrogens is 1. The molecule has 12 heavy (non-hydrogen) atoms. The highest BCUT2D eigenvalue weighted by atomic mass is 16.5. The monoisotopic (exact) mass is 165 g/mol. The lowest BCUT2D eigenvalue weighted by Gasteiger charge is -1.97. The minimum atomic E-state index is 0.393. The minimum Gasteiger partial charge on any atom is -0.478 e. The molecule has 0 aliphatic carbocycles. The number of nitrogens with zero attached hydrogens (tertiary/aromatic N) is 4. The Morgan fingerprint density at radius 2 is 1.92 bits per heavy atom. The maximum absolute atomic E-state index is 4.94. The van der Waals surface area contributed by atoms with E-state index in [1.54, 1.807) is 0 Å². The first-order valence-corrected chi connectivity index (χ1v) is 3.40. The number of aryl methyl sites for hydroxylation is 1. The van der Waals surface area contributed by atoms with Gasteiger partial charge in [0.05, 0.1) is 12.8 Å². The number of hydrogen-bond acceptors (Lipinski definition) is 5. The first-order chi connectivity index (χ1) is 5.83. The van der Waals surface area contributed by atoms with Gasteiger partial charge < -0.3 is 4.74 Å². The third-order valence-electron chi connectivity index (χ3n) is 1.58. The molecule has 0 radical (unpaired) electrons. The molecule has 0 atom stereocenters. The molecule has 0 unspecified atom stereocenters. The fourth-order valence-electron chi connectivity index (χ4n) is 0.985. The molecule has 2 heterocycles. The van der Waals surface area contributed by atoms with Gasteiger partial charge in [-0.05, 0) is 6.92 Å². The SMILES string of the molecule is COc1nnc(C)c2n[nH]nc12. The number of methoxy groups -OCH3 is 1. The van der Waals surface area contributed by atoms with E-state index in [1.165, 1.54) is 7.11 Å². The van der Waals surface area contributed by atoms with Crippen molar-refractivity contribution >= 4 is 11.0 Å². The fraction of sp³-hybridized carbons (Fsp3) is 0.333. The zero-order valence-corrected chi connectivity index (χ0v) is 6.70. The van der Waals surface area contributed by atoms with Crippen LogP contribution in [0.1, 0.15) is 5.69 Å². The number of aromatic nitrogens is 5. The third kappa shape index (κ3) is 0.810. The van der Waals surface area contributed by atoms with Crippen molar-refractivity contribution in [2.45, 2.75) is 6.92 Å². The molecule has 2 aromatic rings. The summed E-state index contributed by atoms with van der Waals surface area (Å²) < 4.78 is 4.94. The lowest BCUT2D eigenvalue weighted by atomic mass is 10.3. The normalized spacial score (nSPS) is 10.5. The summed E-state index contributed by atoms with van der Waals surface area (Å²) in [6.07, 6.45) is 0. The van der Waals surface area contributed by atoms with Crippen LogP contribution in [0.25, 0.3) is 11.0 Å². The van der Waals surface area contributed by atoms with E-state index in [4.69, 9.17) is 4.74 Å². The summed E-state index contributed by atoms with van der Waals surface area (Å²) >= 11 is 0. The number of hydrogen-bond donors (Lipinski definition) is 1. The molecule has 0 aliphatic rings. The van der Waals surface area contributed by atoms with Crippen molar-refractivity contribution in [1.82, 2.24) is 25.6 Å². The first-order valence-electron chi connectivity index (χ1n) is 3.40. The van der Waals surface area contributed by atoms with Crippen molar-refractivity contribution in [3.05, 3.63) is 5.69 Å². The Balaban J connectivity index is 2.82. The molecule has 62 valence electrons. The second-order valence-corrected chi connectivity index (χ2v) is 2.32. The molecule has 0 saturated heterocycles. The Hall–Kier alpha value is -1.72. The predicted molar refractivity (Wildman–Crippen MR) is 40.8 cm³/mol. The molecule has 2 aromatic heterocycles. The van der Waals surface area contributed by atoms with E-state index in [1.807, 2.05) is 6.92 Å². The molecule has 0 saturated carbocycles. The molecule has 2 rings (SSSR count). The highest BCUT2D eigenvalue weighted by Crippen LogP contribution is 2.18. The molecule has 1 N–H and O–H groups in total. The average molecular weight is 165 g/mol. The van der Waals surface area contributed by atoms with Crippen LogP contribution < -0.4 is 4.74 Å². The van der Waals surface area contributed by atoms with Gasteiger partial charge in [0.15, 0.2) is 5.52 Å². The van der Waals surface area contributed by atoms with E-state index in [-0.39, 0.29) is 0 Å². The van der Waals surface area contributed by atoms with Crippen LogP contribution in [0.15, 0.2) is 0 Å². The standard InChI is InChI=1S/C6H7N5O/c1-3-4-5(9-11-8-4)6(12-2)10-7-3/h1-2H3,(H,8,9,11). The predicted octanol–water partition coefficient (Wildman–Crippen LogP) is 0.0649.